The van der Waals surface area contributed by atoms with Crippen LogP contribution in [0.4, 0.5) is 5.69 Å². The minimum absolute atomic E-state index is 0.609. The van der Waals surface area contributed by atoms with Crippen molar-refractivity contribution in [2.75, 3.05) is 18.0 Å². The van der Waals surface area contributed by atoms with Crippen LogP contribution in [0.3, 0.4) is 0 Å². The number of hydrogen-bond acceptors (Lipinski definition) is 3. The molecule has 0 aliphatic heterocycles. The van der Waals surface area contributed by atoms with Gasteiger partial charge in [-0.15, -0.1) is 11.8 Å². The van der Waals surface area contributed by atoms with Crippen molar-refractivity contribution in [3.63, 3.8) is 0 Å². The molecule has 0 aliphatic rings. The van der Waals surface area contributed by atoms with E-state index >= 15 is 0 Å². The van der Waals surface area contributed by atoms with Crippen LogP contribution in [0.2, 0.25) is 0 Å². The van der Waals surface area contributed by atoms with Gasteiger partial charge in [0, 0.05) is 22.9 Å². The Balaban J connectivity index is 2.41. The third kappa shape index (κ3) is 4.01. The molecule has 0 bridgehead atoms. The molecule has 1 aromatic rings. The monoisotopic (exact) mass is 194 g/mol. The first kappa shape index (κ1) is 10.2. The Hall–Kier alpha value is -0.930. The largest absolute Gasteiger partial charge is 0.399 e. The van der Waals surface area contributed by atoms with Gasteiger partial charge in [-0.25, -0.2) is 0 Å². The fourth-order valence-electron chi connectivity index (χ4n) is 0.913. The maximum atomic E-state index is 5.64. The Morgan fingerprint density at radius 1 is 1.31 bits per heavy atom. The molecule has 0 aliphatic carbocycles. The Morgan fingerprint density at radius 3 is 2.85 bits per heavy atom. The molecule has 0 fully saturated rings. The zero-order chi connectivity index (χ0) is 9.52. The van der Waals surface area contributed by atoms with E-state index in [-0.39, 0.29) is 0 Å². The van der Waals surface area contributed by atoms with E-state index in [1.165, 1.54) is 4.90 Å². The fraction of sp³-hybridized carbons (Fsp3) is 0.200. The average Bonchev–Trinajstić information content (AvgIpc) is 2.13. The molecule has 13 heavy (non-hydrogen) atoms. The second kappa shape index (κ2) is 5.67. The molecule has 0 unspecified atom stereocenters. The lowest BCUT2D eigenvalue weighted by Crippen LogP contribution is -1.92. The van der Waals surface area contributed by atoms with Gasteiger partial charge in [0.25, 0.3) is 0 Å². The first-order valence-corrected chi connectivity index (χ1v) is 5.15. The number of thioether (sulfide) groups is 1. The molecule has 3 heteroatoms. The summed E-state index contributed by atoms with van der Waals surface area (Å²) in [5.41, 5.74) is 11.8. The first-order valence-electron chi connectivity index (χ1n) is 4.16. The molecule has 70 valence electrons. The zero-order valence-electron chi connectivity index (χ0n) is 7.44. The summed E-state index contributed by atoms with van der Waals surface area (Å²) in [5, 5.41) is 0. The first-order chi connectivity index (χ1) is 6.33. The third-order valence-corrected chi connectivity index (χ3v) is 2.45. The summed E-state index contributed by atoms with van der Waals surface area (Å²) in [5.74, 6) is 0.945. The van der Waals surface area contributed by atoms with Gasteiger partial charge in [-0.3, -0.25) is 0 Å². The molecule has 2 nitrogen and oxygen atoms in total. The van der Waals surface area contributed by atoms with Gasteiger partial charge < -0.3 is 11.5 Å². The van der Waals surface area contributed by atoms with Crippen LogP contribution < -0.4 is 11.5 Å². The van der Waals surface area contributed by atoms with Crippen molar-refractivity contribution >= 4 is 17.4 Å². The van der Waals surface area contributed by atoms with E-state index in [1.807, 2.05) is 24.3 Å². The molecular weight excluding hydrogens is 180 g/mol. The molecule has 0 saturated carbocycles. The van der Waals surface area contributed by atoms with E-state index < -0.39 is 0 Å². The lowest BCUT2D eigenvalue weighted by Gasteiger charge is -1.98. The predicted molar refractivity (Wildman–Crippen MR) is 59.8 cm³/mol. The van der Waals surface area contributed by atoms with E-state index in [4.69, 9.17) is 11.5 Å². The maximum absolute atomic E-state index is 5.64. The summed E-state index contributed by atoms with van der Waals surface area (Å²) in [6.07, 6.45) is 4.02. The Labute approximate surface area is 83.0 Å². The Morgan fingerprint density at radius 2 is 2.15 bits per heavy atom. The van der Waals surface area contributed by atoms with Crippen LogP contribution in [0.1, 0.15) is 0 Å². The highest BCUT2D eigenvalue weighted by Gasteiger charge is 1.91. The maximum Gasteiger partial charge on any atom is 0.0325 e. The molecule has 4 N–H and O–H groups in total. The zero-order valence-corrected chi connectivity index (χ0v) is 8.26. The minimum atomic E-state index is 0.609. The molecule has 0 saturated heterocycles. The van der Waals surface area contributed by atoms with Crippen molar-refractivity contribution in [3.8, 4) is 0 Å². The lowest BCUT2D eigenvalue weighted by molar-refractivity contribution is 1.25. The van der Waals surface area contributed by atoms with Gasteiger partial charge in [0.05, 0.1) is 0 Å². The van der Waals surface area contributed by atoms with Crippen LogP contribution in [0.25, 0.3) is 0 Å². The molecule has 1 aromatic carbocycles. The molecule has 0 amide bonds. The highest BCUT2D eigenvalue weighted by molar-refractivity contribution is 7.99. The van der Waals surface area contributed by atoms with Gasteiger partial charge in [0.1, 0.15) is 0 Å². The summed E-state index contributed by atoms with van der Waals surface area (Å²) in [7, 11) is 0. The normalized spacial score (nSPS) is 10.8. The van der Waals surface area contributed by atoms with E-state index in [0.717, 1.165) is 11.4 Å². The second-order valence-electron chi connectivity index (χ2n) is 2.59. The summed E-state index contributed by atoms with van der Waals surface area (Å²) >= 11 is 1.75. The molecule has 0 atom stereocenters. The number of anilines is 1. The summed E-state index contributed by atoms with van der Waals surface area (Å²) in [6.45, 7) is 0.609. The van der Waals surface area contributed by atoms with Crippen molar-refractivity contribution in [1.29, 1.82) is 0 Å². The standard InChI is InChI=1S/C10H14N2S/c11-6-1-2-7-13-10-5-3-4-9(12)8-10/h1-5,8H,6-7,11-12H2. The van der Waals surface area contributed by atoms with Crippen LogP contribution in [0, 0.1) is 0 Å². The highest BCUT2D eigenvalue weighted by Crippen LogP contribution is 2.19. The number of nitrogen functional groups attached to an aromatic ring is 1. The van der Waals surface area contributed by atoms with Gasteiger partial charge in [-0.1, -0.05) is 18.2 Å². The third-order valence-electron chi connectivity index (χ3n) is 1.51. The fourth-order valence-corrected chi connectivity index (χ4v) is 1.73. The van der Waals surface area contributed by atoms with Crippen molar-refractivity contribution in [2.24, 2.45) is 5.73 Å². The van der Waals surface area contributed by atoms with Crippen molar-refractivity contribution in [2.45, 2.75) is 4.90 Å². The molecule has 0 spiro atoms. The molecule has 0 aromatic heterocycles. The number of nitrogens with two attached hydrogens (primary N) is 2. The number of hydrogen-bond donors (Lipinski definition) is 2. The number of benzene rings is 1. The van der Waals surface area contributed by atoms with E-state index in [0.29, 0.717) is 6.54 Å². The lowest BCUT2D eigenvalue weighted by atomic mass is 10.3. The van der Waals surface area contributed by atoms with E-state index in [2.05, 4.69) is 12.1 Å². The van der Waals surface area contributed by atoms with Crippen molar-refractivity contribution in [3.05, 3.63) is 36.4 Å². The molecular formula is C10H14N2S. The summed E-state index contributed by atoms with van der Waals surface area (Å²) in [6, 6.07) is 7.88. The molecule has 0 radical (unpaired) electrons. The molecule has 1 rings (SSSR count). The Kier molecular flexibility index (Phi) is 4.43. The van der Waals surface area contributed by atoms with Gasteiger partial charge >= 0.3 is 0 Å². The van der Waals surface area contributed by atoms with Crippen molar-refractivity contribution < 1.29 is 0 Å². The van der Waals surface area contributed by atoms with E-state index in [9.17, 15) is 0 Å². The van der Waals surface area contributed by atoms with Gasteiger partial charge in [-0.05, 0) is 18.2 Å². The second-order valence-corrected chi connectivity index (χ2v) is 3.68. The molecule has 0 heterocycles. The van der Waals surface area contributed by atoms with Crippen molar-refractivity contribution in [1.82, 2.24) is 0 Å². The van der Waals surface area contributed by atoms with Crippen LogP contribution in [0.15, 0.2) is 41.3 Å². The van der Waals surface area contributed by atoms with Crippen LogP contribution >= 0.6 is 11.8 Å². The van der Waals surface area contributed by atoms with Crippen LogP contribution in [-0.4, -0.2) is 12.3 Å². The summed E-state index contributed by atoms with van der Waals surface area (Å²) in [4.78, 5) is 1.20. The smallest absolute Gasteiger partial charge is 0.0325 e. The minimum Gasteiger partial charge on any atom is -0.399 e. The van der Waals surface area contributed by atoms with Crippen LogP contribution in [0.5, 0.6) is 0 Å². The summed E-state index contributed by atoms with van der Waals surface area (Å²) < 4.78 is 0. The van der Waals surface area contributed by atoms with E-state index in [1.54, 1.807) is 11.8 Å². The Bertz CT molecular complexity index is 284. The van der Waals surface area contributed by atoms with Gasteiger partial charge in [0.15, 0.2) is 0 Å². The average molecular weight is 194 g/mol. The van der Waals surface area contributed by atoms with Crippen LogP contribution in [-0.2, 0) is 0 Å². The predicted octanol–water partition coefficient (Wildman–Crippen LogP) is 1.88. The highest BCUT2D eigenvalue weighted by atomic mass is 32.2. The van der Waals surface area contributed by atoms with Gasteiger partial charge in [-0.2, -0.15) is 0 Å². The SMILES string of the molecule is NCC=CCSc1cccc(N)c1. The topological polar surface area (TPSA) is 52.0 Å². The number of rotatable bonds is 4. The van der Waals surface area contributed by atoms with Gasteiger partial charge in [0.2, 0.25) is 0 Å². The quantitative estimate of drug-likeness (QED) is 0.437.